The lowest BCUT2D eigenvalue weighted by Gasteiger charge is -2.56. The zero-order chi connectivity index (χ0) is 37.4. The second-order valence-electron chi connectivity index (χ2n) is 14.3. The van der Waals surface area contributed by atoms with Crippen LogP contribution >= 0.6 is 0 Å². The zero-order valence-corrected chi connectivity index (χ0v) is 30.3. The van der Waals surface area contributed by atoms with Crippen molar-refractivity contribution in [2.75, 3.05) is 0 Å². The van der Waals surface area contributed by atoms with Gasteiger partial charge in [0.05, 0.1) is 0 Å². The number of fused-ring (bicyclic) bond motifs is 1. The highest BCUT2D eigenvalue weighted by Crippen LogP contribution is 2.65. The monoisotopic (exact) mass is 706 g/mol. The van der Waals surface area contributed by atoms with Crippen molar-refractivity contribution < 1.29 is 67.0 Å². The molecule has 0 saturated carbocycles. The molecule has 50 heavy (non-hydrogen) atoms. The Balaban J connectivity index is 2.01. The molecule has 2 aliphatic carbocycles. The molecule has 1 N–H and O–H groups in total. The van der Waals surface area contributed by atoms with Gasteiger partial charge in [-0.2, -0.15) is 0 Å². The zero-order valence-electron chi connectivity index (χ0n) is 30.3. The quantitative estimate of drug-likeness (QED) is 0.108. The van der Waals surface area contributed by atoms with Gasteiger partial charge in [-0.1, -0.05) is 45.6 Å². The number of hydrogen-bond donors (Lipinski definition) is 1. The van der Waals surface area contributed by atoms with E-state index in [1.807, 2.05) is 0 Å². The van der Waals surface area contributed by atoms with Gasteiger partial charge in [0.25, 0.3) is 0 Å². The van der Waals surface area contributed by atoms with E-state index in [4.69, 9.17) is 33.2 Å². The van der Waals surface area contributed by atoms with Crippen molar-refractivity contribution in [3.8, 4) is 0 Å². The van der Waals surface area contributed by atoms with Crippen LogP contribution in [0.1, 0.15) is 101 Å². The molecule has 0 bridgehead atoms. The van der Waals surface area contributed by atoms with Crippen molar-refractivity contribution >= 4 is 35.8 Å². The third-order valence-electron chi connectivity index (χ3n) is 10.4. The van der Waals surface area contributed by atoms with E-state index in [0.29, 0.717) is 6.42 Å². The van der Waals surface area contributed by atoms with E-state index in [9.17, 15) is 33.9 Å². The summed E-state index contributed by atoms with van der Waals surface area (Å²) in [5.74, 6) is -5.96. The summed E-state index contributed by atoms with van der Waals surface area (Å²) in [6.45, 7) is 12.6. The third kappa shape index (κ3) is 7.05. The fourth-order valence-corrected chi connectivity index (χ4v) is 8.06. The SMILES string of the molecule is CCCCCCCC(=O)O[C@H]1/C(C)=C\[C@@H]2OC(=O)[C@]3(C)O[C@]23[C@@H](OC(C)=O)[C@H]2[C@](C)(O)[C@H](OC(C)=O)C=C[C@@]2(C)[C@@H](OC(C)=O)[C@@H]1OC(C)=O. The minimum absolute atomic E-state index is 0.0507. The van der Waals surface area contributed by atoms with Crippen LogP contribution in [0, 0.1) is 11.3 Å². The van der Waals surface area contributed by atoms with Gasteiger partial charge >= 0.3 is 35.8 Å². The van der Waals surface area contributed by atoms with E-state index in [1.165, 1.54) is 32.1 Å². The molecule has 0 unspecified atom stereocenters. The molecule has 2 saturated heterocycles. The summed E-state index contributed by atoms with van der Waals surface area (Å²) in [6, 6.07) is 0. The molecule has 2 fully saturated rings. The smallest absolute Gasteiger partial charge is 0.342 e. The van der Waals surface area contributed by atoms with Gasteiger partial charge in [0, 0.05) is 45.4 Å². The fraction of sp³-hybridized carbons (Fsp3) is 0.722. The largest absolute Gasteiger partial charge is 0.459 e. The second-order valence-corrected chi connectivity index (χ2v) is 14.3. The van der Waals surface area contributed by atoms with E-state index in [2.05, 4.69) is 6.92 Å². The first kappa shape index (κ1) is 39.0. The Hall–Kier alpha value is -3.78. The molecule has 4 aliphatic rings. The van der Waals surface area contributed by atoms with Gasteiger partial charge in [0.15, 0.2) is 35.6 Å². The van der Waals surface area contributed by atoms with Gasteiger partial charge in [0.1, 0.15) is 17.8 Å². The summed E-state index contributed by atoms with van der Waals surface area (Å²) in [7, 11) is 0. The highest BCUT2D eigenvalue weighted by molar-refractivity contribution is 5.89. The molecule has 0 aromatic heterocycles. The Morgan fingerprint density at radius 1 is 0.820 bits per heavy atom. The molecule has 0 amide bonds. The van der Waals surface area contributed by atoms with Crippen LogP contribution in [0.2, 0.25) is 0 Å². The second kappa shape index (κ2) is 14.5. The van der Waals surface area contributed by atoms with Crippen molar-refractivity contribution in [1.29, 1.82) is 0 Å². The van der Waals surface area contributed by atoms with Crippen molar-refractivity contribution in [2.24, 2.45) is 11.3 Å². The molecule has 0 radical (unpaired) electrons. The Labute approximate surface area is 292 Å². The summed E-state index contributed by atoms with van der Waals surface area (Å²) in [5.41, 5.74) is -6.96. The first-order valence-electron chi connectivity index (χ1n) is 17.2. The predicted molar refractivity (Wildman–Crippen MR) is 173 cm³/mol. The van der Waals surface area contributed by atoms with E-state index >= 15 is 0 Å². The molecule has 0 aromatic rings. The number of carbonyl (C=O) groups excluding carboxylic acids is 6. The Bertz CT molecular complexity index is 1450. The normalized spacial score (nSPS) is 39.6. The first-order chi connectivity index (χ1) is 23.3. The number of hydrogen-bond acceptors (Lipinski definition) is 14. The summed E-state index contributed by atoms with van der Waals surface area (Å²) in [5, 5.41) is 12.5. The van der Waals surface area contributed by atoms with Gasteiger partial charge in [-0.25, -0.2) is 4.79 Å². The van der Waals surface area contributed by atoms with Gasteiger partial charge in [-0.15, -0.1) is 0 Å². The van der Waals surface area contributed by atoms with Crippen molar-refractivity contribution in [1.82, 2.24) is 0 Å². The number of esters is 6. The van der Waals surface area contributed by atoms with Gasteiger partial charge in [0.2, 0.25) is 0 Å². The van der Waals surface area contributed by atoms with Crippen LogP contribution in [-0.4, -0.2) is 94.3 Å². The Kier molecular flexibility index (Phi) is 11.3. The lowest BCUT2D eigenvalue weighted by molar-refractivity contribution is -0.233. The number of epoxide rings is 1. The standard InChI is InChI=1S/C36H50O14/c1-10-11-12-13-14-15-26(41)49-27-19(2)18-25-36(35(9,50-36)32(42)48-25)31(47-23(6)40)29-33(7,17-16-24(34(29,8)43)44-20(3)37)30(46-22(5)39)28(27)45-21(4)38/h16-18,24-25,27-31,43H,10-15H2,1-9H3/b19-18-/t24-,25+,27+,28-,29-,30+,31+,33-,34-,35+,36+/m1/s1. The number of ether oxygens (including phenoxy) is 7. The molecule has 14 nitrogen and oxygen atoms in total. The van der Waals surface area contributed by atoms with E-state index in [1.54, 1.807) is 13.8 Å². The lowest BCUT2D eigenvalue weighted by Crippen LogP contribution is -2.69. The highest BCUT2D eigenvalue weighted by Gasteiger charge is 2.88. The predicted octanol–water partition coefficient (Wildman–Crippen LogP) is 3.34. The van der Waals surface area contributed by atoms with Crippen LogP contribution in [0.25, 0.3) is 0 Å². The fourth-order valence-electron chi connectivity index (χ4n) is 8.06. The average molecular weight is 707 g/mol. The Morgan fingerprint density at radius 3 is 1.96 bits per heavy atom. The Morgan fingerprint density at radius 2 is 1.40 bits per heavy atom. The van der Waals surface area contributed by atoms with Crippen molar-refractivity contribution in [3.05, 3.63) is 23.8 Å². The minimum Gasteiger partial charge on any atom is -0.459 e. The van der Waals surface area contributed by atoms with Crippen LogP contribution in [0.4, 0.5) is 0 Å². The van der Waals surface area contributed by atoms with Crippen LogP contribution in [-0.2, 0) is 61.9 Å². The first-order valence-corrected chi connectivity index (χ1v) is 17.2. The van der Waals surface area contributed by atoms with E-state index in [0.717, 1.165) is 53.4 Å². The number of unbranched alkanes of at least 4 members (excludes halogenated alkanes) is 4. The maximum atomic E-state index is 13.4. The number of rotatable bonds is 11. The number of carbonyl (C=O) groups is 6. The van der Waals surface area contributed by atoms with E-state index in [-0.39, 0.29) is 12.0 Å². The summed E-state index contributed by atoms with van der Waals surface area (Å²) in [6.07, 6.45) is 0.171. The van der Waals surface area contributed by atoms with Gasteiger partial charge in [-0.05, 0) is 44.9 Å². The summed E-state index contributed by atoms with van der Waals surface area (Å²) >= 11 is 0. The average Bonchev–Trinajstić information content (AvgIpc) is 3.58. The maximum Gasteiger partial charge on any atom is 0.342 e. The van der Waals surface area contributed by atoms with Crippen LogP contribution in [0.5, 0.6) is 0 Å². The lowest BCUT2D eigenvalue weighted by atomic mass is 9.55. The van der Waals surface area contributed by atoms with Crippen LogP contribution < -0.4 is 0 Å². The van der Waals surface area contributed by atoms with Gasteiger partial charge in [-0.3, -0.25) is 24.0 Å². The topological polar surface area (TPSA) is 191 Å². The number of aliphatic hydroxyl groups is 1. The molecule has 2 aliphatic heterocycles. The summed E-state index contributed by atoms with van der Waals surface area (Å²) < 4.78 is 41.5. The van der Waals surface area contributed by atoms with Crippen LogP contribution in [0.3, 0.4) is 0 Å². The molecular formula is C36H50O14. The van der Waals surface area contributed by atoms with Crippen molar-refractivity contribution in [3.63, 3.8) is 0 Å². The third-order valence-corrected chi connectivity index (χ3v) is 10.4. The van der Waals surface area contributed by atoms with E-state index < -0.39 is 101 Å². The minimum atomic E-state index is -2.13. The molecule has 4 rings (SSSR count). The van der Waals surface area contributed by atoms with Gasteiger partial charge < -0.3 is 38.3 Å². The summed E-state index contributed by atoms with van der Waals surface area (Å²) in [4.78, 5) is 77.7. The van der Waals surface area contributed by atoms with Crippen molar-refractivity contribution in [2.45, 2.75) is 154 Å². The molecule has 2 heterocycles. The molecule has 14 heteroatoms. The molecular weight excluding hydrogens is 656 g/mol. The maximum absolute atomic E-state index is 13.4. The molecule has 278 valence electrons. The van der Waals surface area contributed by atoms with Crippen LogP contribution in [0.15, 0.2) is 23.8 Å². The highest BCUT2D eigenvalue weighted by atomic mass is 16.7. The molecule has 0 aromatic carbocycles. The molecule has 11 atom stereocenters. The molecule has 1 spiro atoms.